The molecule has 3 rings (SSSR count). The fourth-order valence-corrected chi connectivity index (χ4v) is 3.09. The fourth-order valence-electron chi connectivity index (χ4n) is 2.13. The Balaban J connectivity index is 2.02. The molecule has 0 amide bonds. The molecule has 10 heteroatoms. The van der Waals surface area contributed by atoms with Crippen LogP contribution >= 0.6 is 0 Å². The van der Waals surface area contributed by atoms with Crippen molar-refractivity contribution < 1.29 is 8.42 Å². The predicted octanol–water partition coefficient (Wildman–Crippen LogP) is 1.55. The minimum Gasteiger partial charge on any atom is -0.334 e. The molecule has 3 aromatic heterocycles. The van der Waals surface area contributed by atoms with Crippen LogP contribution in [-0.2, 0) is 10.0 Å². The third-order valence-corrected chi connectivity index (χ3v) is 4.87. The Morgan fingerprint density at radius 2 is 2.00 bits per heavy atom. The normalized spacial score (nSPS) is 12.2. The summed E-state index contributed by atoms with van der Waals surface area (Å²) in [4.78, 5) is 3.96. The van der Waals surface area contributed by atoms with Crippen LogP contribution in [0.1, 0.15) is 31.1 Å². The number of imidazole rings is 1. The number of aromatic amines is 1. The molecule has 0 unspecified atom stereocenters. The Morgan fingerprint density at radius 1 is 1.26 bits per heavy atom. The van der Waals surface area contributed by atoms with Crippen molar-refractivity contribution in [2.24, 2.45) is 0 Å². The van der Waals surface area contributed by atoms with Gasteiger partial charge in [-0.1, -0.05) is 0 Å². The zero-order chi connectivity index (χ0) is 16.8. The van der Waals surface area contributed by atoms with Gasteiger partial charge in [-0.2, -0.15) is 18.6 Å². The van der Waals surface area contributed by atoms with Gasteiger partial charge in [0.25, 0.3) is 10.0 Å². The lowest BCUT2D eigenvalue weighted by molar-refractivity contribution is 0.591. The first-order valence-electron chi connectivity index (χ1n) is 7.04. The van der Waals surface area contributed by atoms with E-state index in [-0.39, 0.29) is 16.9 Å². The SMILES string of the molecule is Cc1nnc2[nH]nc(NS(=O)(=O)c3cn(C(C)C)cn3)c2c1C. The van der Waals surface area contributed by atoms with E-state index in [0.717, 1.165) is 5.56 Å². The summed E-state index contributed by atoms with van der Waals surface area (Å²) in [6.07, 6.45) is 2.97. The summed E-state index contributed by atoms with van der Waals surface area (Å²) >= 11 is 0. The Morgan fingerprint density at radius 3 is 2.65 bits per heavy atom. The molecule has 0 aliphatic heterocycles. The van der Waals surface area contributed by atoms with Gasteiger partial charge >= 0.3 is 0 Å². The number of H-pyrrole nitrogens is 1. The number of nitrogens with one attached hydrogen (secondary N) is 2. The van der Waals surface area contributed by atoms with E-state index in [1.54, 1.807) is 11.5 Å². The second-order valence-electron chi connectivity index (χ2n) is 5.56. The molecule has 3 heterocycles. The van der Waals surface area contributed by atoms with Crippen molar-refractivity contribution in [3.05, 3.63) is 23.8 Å². The van der Waals surface area contributed by atoms with Crippen molar-refractivity contribution in [3.63, 3.8) is 0 Å². The highest BCUT2D eigenvalue weighted by Gasteiger charge is 2.22. The minimum atomic E-state index is -3.83. The van der Waals surface area contributed by atoms with Crippen molar-refractivity contribution >= 4 is 26.9 Å². The van der Waals surface area contributed by atoms with E-state index in [2.05, 4.69) is 30.1 Å². The Hall–Kier alpha value is -2.49. The van der Waals surface area contributed by atoms with Gasteiger partial charge in [-0.25, -0.2) is 4.98 Å². The number of hydrogen-bond donors (Lipinski definition) is 2. The van der Waals surface area contributed by atoms with Crippen LogP contribution in [0.15, 0.2) is 17.6 Å². The number of anilines is 1. The predicted molar refractivity (Wildman–Crippen MR) is 84.6 cm³/mol. The maximum Gasteiger partial charge on any atom is 0.282 e. The third-order valence-electron chi connectivity index (χ3n) is 3.65. The first kappa shape index (κ1) is 15.4. The molecule has 2 N–H and O–H groups in total. The van der Waals surface area contributed by atoms with Gasteiger partial charge in [0, 0.05) is 12.2 Å². The molecule has 0 saturated heterocycles. The van der Waals surface area contributed by atoms with E-state index in [1.165, 1.54) is 12.5 Å². The van der Waals surface area contributed by atoms with Crippen molar-refractivity contribution in [3.8, 4) is 0 Å². The molecule has 23 heavy (non-hydrogen) atoms. The number of aryl methyl sites for hydroxylation is 2. The number of rotatable bonds is 4. The Labute approximate surface area is 133 Å². The van der Waals surface area contributed by atoms with Crippen LogP contribution in [-0.4, -0.2) is 38.4 Å². The van der Waals surface area contributed by atoms with Crippen molar-refractivity contribution in [2.45, 2.75) is 38.8 Å². The molecule has 122 valence electrons. The fraction of sp³-hybridized carbons (Fsp3) is 0.385. The molecule has 0 aliphatic rings. The monoisotopic (exact) mass is 335 g/mol. The summed E-state index contributed by atoms with van der Waals surface area (Å²) in [5.41, 5.74) is 1.95. The standard InChI is InChI=1S/C13H17N7O2S/c1-7(2)20-5-10(14-6-20)23(21,22)19-13-11-8(3)9(4)15-16-12(11)17-18-13/h5-7H,1-4H3,(H2,16,17,18,19). The Kier molecular flexibility index (Phi) is 3.55. The molecule has 0 aromatic carbocycles. The highest BCUT2D eigenvalue weighted by atomic mass is 32.2. The van der Waals surface area contributed by atoms with Crippen LogP contribution in [0.5, 0.6) is 0 Å². The average Bonchev–Trinajstić information content (AvgIpc) is 3.10. The van der Waals surface area contributed by atoms with E-state index in [9.17, 15) is 8.42 Å². The largest absolute Gasteiger partial charge is 0.334 e. The lowest BCUT2D eigenvalue weighted by Crippen LogP contribution is -2.14. The lowest BCUT2D eigenvalue weighted by Gasteiger charge is -2.06. The van der Waals surface area contributed by atoms with Gasteiger partial charge < -0.3 is 4.57 Å². The Bertz CT molecular complexity index is 972. The number of aromatic nitrogens is 6. The van der Waals surface area contributed by atoms with Crippen LogP contribution in [0.2, 0.25) is 0 Å². The van der Waals surface area contributed by atoms with Gasteiger partial charge in [0.1, 0.15) is 0 Å². The van der Waals surface area contributed by atoms with Crippen molar-refractivity contribution in [1.29, 1.82) is 0 Å². The zero-order valence-corrected chi connectivity index (χ0v) is 14.0. The van der Waals surface area contributed by atoms with E-state index in [4.69, 9.17) is 0 Å². The van der Waals surface area contributed by atoms with Gasteiger partial charge in [0.2, 0.25) is 0 Å². The molecule has 0 atom stereocenters. The maximum atomic E-state index is 12.5. The van der Waals surface area contributed by atoms with Crippen LogP contribution in [0, 0.1) is 13.8 Å². The summed E-state index contributed by atoms with van der Waals surface area (Å²) < 4.78 is 29.2. The molecule has 9 nitrogen and oxygen atoms in total. The van der Waals surface area contributed by atoms with Gasteiger partial charge in [-0.15, -0.1) is 5.10 Å². The van der Waals surface area contributed by atoms with Crippen LogP contribution < -0.4 is 4.72 Å². The highest BCUT2D eigenvalue weighted by Crippen LogP contribution is 2.25. The van der Waals surface area contributed by atoms with E-state index in [1.807, 2.05) is 20.8 Å². The summed E-state index contributed by atoms with van der Waals surface area (Å²) in [7, 11) is -3.83. The molecule has 3 aromatic rings. The number of fused-ring (bicyclic) bond motifs is 1. The molecule has 0 spiro atoms. The molecule has 0 radical (unpaired) electrons. The van der Waals surface area contributed by atoms with Gasteiger partial charge in [-0.3, -0.25) is 9.82 Å². The minimum absolute atomic E-state index is 0.0567. The van der Waals surface area contributed by atoms with Crippen molar-refractivity contribution in [2.75, 3.05) is 4.72 Å². The van der Waals surface area contributed by atoms with Gasteiger partial charge in [0.15, 0.2) is 16.5 Å². The smallest absolute Gasteiger partial charge is 0.282 e. The summed E-state index contributed by atoms with van der Waals surface area (Å²) in [5.74, 6) is 0.189. The molecule has 0 fully saturated rings. The average molecular weight is 335 g/mol. The van der Waals surface area contributed by atoms with Crippen LogP contribution in [0.4, 0.5) is 5.82 Å². The summed E-state index contributed by atoms with van der Waals surface area (Å²) in [5, 5.41) is 15.2. The second kappa shape index (κ2) is 5.30. The maximum absolute atomic E-state index is 12.5. The molecule has 0 aliphatic carbocycles. The molecular formula is C13H17N7O2S. The summed E-state index contributed by atoms with van der Waals surface area (Å²) in [6, 6.07) is 0.123. The first-order valence-corrected chi connectivity index (χ1v) is 8.52. The third kappa shape index (κ3) is 2.65. The van der Waals surface area contributed by atoms with E-state index >= 15 is 0 Å². The topological polar surface area (TPSA) is 118 Å². The van der Waals surface area contributed by atoms with Gasteiger partial charge in [-0.05, 0) is 33.3 Å². The number of hydrogen-bond acceptors (Lipinski definition) is 6. The van der Waals surface area contributed by atoms with E-state index < -0.39 is 10.0 Å². The van der Waals surface area contributed by atoms with Crippen LogP contribution in [0.3, 0.4) is 0 Å². The number of nitrogens with zero attached hydrogens (tertiary/aromatic N) is 5. The highest BCUT2D eigenvalue weighted by molar-refractivity contribution is 7.92. The second-order valence-corrected chi connectivity index (χ2v) is 7.19. The van der Waals surface area contributed by atoms with Crippen molar-refractivity contribution in [1.82, 2.24) is 29.9 Å². The van der Waals surface area contributed by atoms with Crippen LogP contribution in [0.25, 0.3) is 11.0 Å². The molecule has 0 bridgehead atoms. The number of sulfonamides is 1. The first-order chi connectivity index (χ1) is 10.8. The zero-order valence-electron chi connectivity index (χ0n) is 13.2. The lowest BCUT2D eigenvalue weighted by atomic mass is 10.2. The van der Waals surface area contributed by atoms with Gasteiger partial charge in [0.05, 0.1) is 17.4 Å². The molecular weight excluding hydrogens is 318 g/mol. The quantitative estimate of drug-likeness (QED) is 0.746. The molecule has 0 saturated carbocycles. The van der Waals surface area contributed by atoms with E-state index in [0.29, 0.717) is 16.7 Å². The summed E-state index contributed by atoms with van der Waals surface area (Å²) in [6.45, 7) is 7.53.